The molecule has 0 spiro atoms. The van der Waals surface area contributed by atoms with E-state index in [-0.39, 0.29) is 5.50 Å². The van der Waals surface area contributed by atoms with Crippen molar-refractivity contribution in [2.24, 2.45) is 0 Å². The number of fused-ring (bicyclic) bond motifs is 1. The minimum Gasteiger partial charge on any atom is -0.496 e. The number of aromatic nitrogens is 2. The van der Waals surface area contributed by atoms with E-state index in [4.69, 9.17) is 9.84 Å². The van der Waals surface area contributed by atoms with E-state index in [1.54, 1.807) is 19.1 Å². The van der Waals surface area contributed by atoms with Crippen molar-refractivity contribution >= 4 is 23.5 Å². The standard InChI is InChI=1S/C20H22N4OS/c1-13(2)14-8-10-15(11-9-14)21-20-22-19-12-17(23-24(19)26-20)16-6-4-5-7-18(16)25-3/h4-13,20-22H,1-3H3/t20-/m0/s1. The molecule has 0 saturated heterocycles. The molecule has 0 fully saturated rings. The predicted octanol–water partition coefficient (Wildman–Crippen LogP) is 5.00. The average Bonchev–Trinajstić information content (AvgIpc) is 3.20. The fourth-order valence-corrected chi connectivity index (χ4v) is 3.88. The van der Waals surface area contributed by atoms with Gasteiger partial charge in [0.2, 0.25) is 0 Å². The highest BCUT2D eigenvalue weighted by Gasteiger charge is 2.24. The third-order valence-corrected chi connectivity index (χ3v) is 5.34. The van der Waals surface area contributed by atoms with E-state index in [9.17, 15) is 0 Å². The smallest absolute Gasteiger partial charge is 0.168 e. The Morgan fingerprint density at radius 2 is 1.92 bits per heavy atom. The van der Waals surface area contributed by atoms with Gasteiger partial charge < -0.3 is 15.4 Å². The van der Waals surface area contributed by atoms with Gasteiger partial charge in [0.25, 0.3) is 0 Å². The van der Waals surface area contributed by atoms with Crippen molar-refractivity contribution in [2.45, 2.75) is 25.3 Å². The minimum atomic E-state index is 0.0501. The summed E-state index contributed by atoms with van der Waals surface area (Å²) in [4.78, 5) is 0. The molecule has 0 saturated carbocycles. The van der Waals surface area contributed by atoms with E-state index < -0.39 is 0 Å². The topological polar surface area (TPSA) is 51.1 Å². The van der Waals surface area contributed by atoms with Gasteiger partial charge in [-0.15, -0.1) is 0 Å². The molecule has 1 aliphatic rings. The highest BCUT2D eigenvalue weighted by atomic mass is 32.2. The molecular formula is C20H22N4OS. The largest absolute Gasteiger partial charge is 0.496 e. The van der Waals surface area contributed by atoms with Crippen LogP contribution in [0.25, 0.3) is 11.3 Å². The normalized spacial score (nSPS) is 15.6. The molecule has 3 aromatic rings. The van der Waals surface area contributed by atoms with Crippen LogP contribution in [0.1, 0.15) is 25.3 Å². The summed E-state index contributed by atoms with van der Waals surface area (Å²) in [7, 11) is 1.68. The maximum absolute atomic E-state index is 5.44. The van der Waals surface area contributed by atoms with Crippen LogP contribution >= 0.6 is 11.9 Å². The van der Waals surface area contributed by atoms with Crippen molar-refractivity contribution in [3.05, 3.63) is 60.2 Å². The molecule has 0 unspecified atom stereocenters. The number of para-hydroxylation sites is 1. The van der Waals surface area contributed by atoms with Crippen molar-refractivity contribution in [1.29, 1.82) is 0 Å². The van der Waals surface area contributed by atoms with E-state index >= 15 is 0 Å². The first-order chi connectivity index (χ1) is 12.6. The van der Waals surface area contributed by atoms with Gasteiger partial charge in [0, 0.05) is 29.3 Å². The Hall–Kier alpha value is -2.60. The minimum absolute atomic E-state index is 0.0501. The zero-order valence-corrected chi connectivity index (χ0v) is 15.9. The third kappa shape index (κ3) is 3.24. The quantitative estimate of drug-likeness (QED) is 0.665. The summed E-state index contributed by atoms with van der Waals surface area (Å²) in [5.74, 6) is 2.35. The monoisotopic (exact) mass is 366 g/mol. The predicted molar refractivity (Wildman–Crippen MR) is 109 cm³/mol. The molecule has 2 heterocycles. The molecule has 2 aromatic carbocycles. The number of nitrogens with zero attached hydrogens (tertiary/aromatic N) is 2. The van der Waals surface area contributed by atoms with Crippen LogP contribution in [0.3, 0.4) is 0 Å². The molecule has 1 aliphatic heterocycles. The zero-order valence-electron chi connectivity index (χ0n) is 15.1. The van der Waals surface area contributed by atoms with E-state index in [1.807, 2.05) is 34.4 Å². The molecule has 0 aliphatic carbocycles. The number of hydrogen-bond acceptors (Lipinski definition) is 5. The Labute approximate surface area is 157 Å². The molecule has 1 aromatic heterocycles. The Morgan fingerprint density at radius 3 is 2.62 bits per heavy atom. The molecule has 0 amide bonds. The van der Waals surface area contributed by atoms with Crippen LogP contribution in [-0.4, -0.2) is 21.8 Å². The van der Waals surface area contributed by atoms with Crippen molar-refractivity contribution in [1.82, 2.24) is 9.19 Å². The van der Waals surface area contributed by atoms with Crippen LogP contribution in [0.15, 0.2) is 54.6 Å². The van der Waals surface area contributed by atoms with Crippen LogP contribution in [0, 0.1) is 0 Å². The molecule has 4 rings (SSSR count). The van der Waals surface area contributed by atoms with Crippen molar-refractivity contribution in [3.8, 4) is 17.0 Å². The van der Waals surface area contributed by atoms with Gasteiger partial charge in [-0.25, -0.2) is 0 Å². The fourth-order valence-electron chi connectivity index (χ4n) is 2.97. The van der Waals surface area contributed by atoms with Gasteiger partial charge in [0.15, 0.2) is 5.50 Å². The van der Waals surface area contributed by atoms with E-state index in [0.717, 1.165) is 28.5 Å². The second-order valence-electron chi connectivity index (χ2n) is 6.54. The van der Waals surface area contributed by atoms with E-state index in [0.29, 0.717) is 5.92 Å². The van der Waals surface area contributed by atoms with Gasteiger partial charge in [-0.2, -0.15) is 9.19 Å². The van der Waals surface area contributed by atoms with Crippen LogP contribution in [0.4, 0.5) is 11.5 Å². The molecule has 2 N–H and O–H groups in total. The SMILES string of the molecule is COc1ccccc1-c1cc2n(n1)S[C@@H](Nc1ccc(C(C)C)cc1)N2. The molecule has 1 atom stereocenters. The highest BCUT2D eigenvalue weighted by Crippen LogP contribution is 2.36. The summed E-state index contributed by atoms with van der Waals surface area (Å²) >= 11 is 1.61. The third-order valence-electron chi connectivity index (χ3n) is 4.42. The molecule has 0 radical (unpaired) electrons. The van der Waals surface area contributed by atoms with E-state index in [1.165, 1.54) is 5.56 Å². The van der Waals surface area contributed by atoms with Gasteiger partial charge >= 0.3 is 0 Å². The molecule has 5 nitrogen and oxygen atoms in total. The number of ether oxygens (including phenoxy) is 1. The fraction of sp³-hybridized carbons (Fsp3) is 0.250. The maximum atomic E-state index is 5.44. The molecular weight excluding hydrogens is 344 g/mol. The Kier molecular flexibility index (Phi) is 4.51. The lowest BCUT2D eigenvalue weighted by Gasteiger charge is -2.14. The van der Waals surface area contributed by atoms with Gasteiger partial charge in [-0.3, -0.25) is 0 Å². The highest BCUT2D eigenvalue weighted by molar-refractivity contribution is 7.98. The lowest BCUT2D eigenvalue weighted by atomic mass is 10.0. The van der Waals surface area contributed by atoms with Crippen LogP contribution in [0.2, 0.25) is 0 Å². The number of rotatable bonds is 5. The van der Waals surface area contributed by atoms with Crippen molar-refractivity contribution in [2.75, 3.05) is 17.7 Å². The summed E-state index contributed by atoms with van der Waals surface area (Å²) in [6.07, 6.45) is 0. The van der Waals surface area contributed by atoms with Gasteiger partial charge in [0.1, 0.15) is 11.6 Å². The summed E-state index contributed by atoms with van der Waals surface area (Å²) in [6.45, 7) is 4.41. The second kappa shape index (κ2) is 6.96. The summed E-state index contributed by atoms with van der Waals surface area (Å²) in [5.41, 5.74) is 4.38. The Balaban J connectivity index is 1.46. The van der Waals surface area contributed by atoms with E-state index in [2.05, 4.69) is 48.7 Å². The molecule has 134 valence electrons. The molecule has 26 heavy (non-hydrogen) atoms. The first kappa shape index (κ1) is 16.8. The van der Waals surface area contributed by atoms with Crippen LogP contribution < -0.4 is 15.4 Å². The lowest BCUT2D eigenvalue weighted by molar-refractivity contribution is 0.416. The Morgan fingerprint density at radius 1 is 1.15 bits per heavy atom. The van der Waals surface area contributed by atoms with Crippen molar-refractivity contribution in [3.63, 3.8) is 0 Å². The first-order valence-electron chi connectivity index (χ1n) is 8.67. The average molecular weight is 366 g/mol. The Bertz CT molecular complexity index is 881. The lowest BCUT2D eigenvalue weighted by Crippen LogP contribution is -2.21. The second-order valence-corrected chi connectivity index (χ2v) is 7.57. The summed E-state index contributed by atoms with van der Waals surface area (Å²) in [6, 6.07) is 18.6. The number of hydrogen-bond donors (Lipinski definition) is 2. The summed E-state index contributed by atoms with van der Waals surface area (Å²) < 4.78 is 7.36. The van der Waals surface area contributed by atoms with Gasteiger partial charge in [-0.1, -0.05) is 38.1 Å². The molecule has 0 bridgehead atoms. The van der Waals surface area contributed by atoms with Crippen molar-refractivity contribution < 1.29 is 4.74 Å². The van der Waals surface area contributed by atoms with Gasteiger partial charge in [0.05, 0.1) is 12.8 Å². The number of benzene rings is 2. The van der Waals surface area contributed by atoms with Crippen LogP contribution in [-0.2, 0) is 0 Å². The zero-order chi connectivity index (χ0) is 18.1. The number of methoxy groups -OCH3 is 1. The van der Waals surface area contributed by atoms with Gasteiger partial charge in [-0.05, 0) is 35.7 Å². The number of nitrogens with one attached hydrogen (secondary N) is 2. The van der Waals surface area contributed by atoms with Crippen LogP contribution in [0.5, 0.6) is 5.75 Å². The number of anilines is 2. The first-order valence-corrected chi connectivity index (χ1v) is 9.51. The molecule has 6 heteroatoms. The maximum Gasteiger partial charge on any atom is 0.168 e. The summed E-state index contributed by atoms with van der Waals surface area (Å²) in [5, 5.41) is 11.6.